The largest absolute Gasteiger partial charge is 0.377 e. The first-order valence-corrected chi connectivity index (χ1v) is 7.74. The average Bonchev–Trinajstić information content (AvgIpc) is 2.42. The Kier molecular flexibility index (Phi) is 4.68. The summed E-state index contributed by atoms with van der Waals surface area (Å²) in [5, 5.41) is 3.74. The van der Waals surface area contributed by atoms with Gasteiger partial charge in [0.05, 0.1) is 5.54 Å². The second-order valence-corrected chi connectivity index (χ2v) is 6.17. The van der Waals surface area contributed by atoms with Crippen LogP contribution in [0.4, 0.5) is 5.69 Å². The number of anilines is 1. The molecule has 18 heavy (non-hydrogen) atoms. The van der Waals surface area contributed by atoms with Crippen molar-refractivity contribution in [2.75, 3.05) is 11.9 Å². The van der Waals surface area contributed by atoms with Crippen LogP contribution in [0.15, 0.2) is 28.7 Å². The van der Waals surface area contributed by atoms with E-state index < -0.39 is 0 Å². The van der Waals surface area contributed by atoms with Crippen molar-refractivity contribution in [2.24, 2.45) is 11.7 Å². The van der Waals surface area contributed by atoms with Crippen molar-refractivity contribution in [3.63, 3.8) is 0 Å². The highest BCUT2D eigenvalue weighted by molar-refractivity contribution is 9.10. The van der Waals surface area contributed by atoms with Crippen LogP contribution in [-0.4, -0.2) is 12.1 Å². The Balaban J connectivity index is 2.24. The maximum Gasteiger partial charge on any atom is 0.0524 e. The molecule has 0 saturated heterocycles. The number of para-hydroxylation sites is 1. The van der Waals surface area contributed by atoms with Crippen LogP contribution >= 0.6 is 15.9 Å². The first-order chi connectivity index (χ1) is 8.72. The molecule has 1 fully saturated rings. The molecular formula is C15H23BrN2. The molecular weight excluding hydrogens is 288 g/mol. The van der Waals surface area contributed by atoms with Crippen LogP contribution in [0.1, 0.15) is 39.0 Å². The first kappa shape index (κ1) is 13.9. The minimum absolute atomic E-state index is 0.0802. The Hall–Kier alpha value is -0.540. The van der Waals surface area contributed by atoms with Gasteiger partial charge in [0.25, 0.3) is 0 Å². The highest BCUT2D eigenvalue weighted by Crippen LogP contribution is 2.39. The molecule has 1 saturated carbocycles. The molecule has 3 heteroatoms. The van der Waals surface area contributed by atoms with E-state index in [1.165, 1.54) is 37.8 Å². The second-order valence-electron chi connectivity index (χ2n) is 5.32. The van der Waals surface area contributed by atoms with E-state index >= 15 is 0 Å². The normalized spacial score (nSPS) is 28.1. The van der Waals surface area contributed by atoms with E-state index in [1.54, 1.807) is 0 Å². The molecule has 1 aliphatic carbocycles. The van der Waals surface area contributed by atoms with Gasteiger partial charge in [-0.15, -0.1) is 0 Å². The molecule has 0 heterocycles. The second kappa shape index (κ2) is 6.07. The highest BCUT2D eigenvalue weighted by atomic mass is 79.9. The number of benzene rings is 1. The van der Waals surface area contributed by atoms with Gasteiger partial charge in [-0.25, -0.2) is 0 Å². The zero-order valence-electron chi connectivity index (χ0n) is 11.1. The van der Waals surface area contributed by atoms with Gasteiger partial charge in [0.15, 0.2) is 0 Å². The van der Waals surface area contributed by atoms with Gasteiger partial charge in [-0.1, -0.05) is 38.3 Å². The van der Waals surface area contributed by atoms with E-state index in [2.05, 4.69) is 46.4 Å². The quantitative estimate of drug-likeness (QED) is 0.876. The van der Waals surface area contributed by atoms with E-state index in [4.69, 9.17) is 5.73 Å². The Morgan fingerprint density at radius 3 is 2.83 bits per heavy atom. The first-order valence-electron chi connectivity index (χ1n) is 6.94. The van der Waals surface area contributed by atoms with Crippen LogP contribution in [0, 0.1) is 5.92 Å². The molecule has 2 atom stereocenters. The lowest BCUT2D eigenvalue weighted by molar-refractivity contribution is 0.212. The summed E-state index contributed by atoms with van der Waals surface area (Å²) in [6, 6.07) is 8.32. The summed E-state index contributed by atoms with van der Waals surface area (Å²) in [5.41, 5.74) is 7.37. The summed E-state index contributed by atoms with van der Waals surface area (Å²) in [6.07, 6.45) is 6.31. The lowest BCUT2D eigenvalue weighted by atomic mass is 9.71. The molecule has 0 spiro atoms. The summed E-state index contributed by atoms with van der Waals surface area (Å²) in [6.45, 7) is 2.99. The van der Waals surface area contributed by atoms with Crippen molar-refractivity contribution in [1.29, 1.82) is 0 Å². The predicted molar refractivity (Wildman–Crippen MR) is 81.8 cm³/mol. The molecule has 0 aromatic heterocycles. The van der Waals surface area contributed by atoms with E-state index in [9.17, 15) is 0 Å². The molecule has 1 aromatic carbocycles. The summed E-state index contributed by atoms with van der Waals surface area (Å²) in [5.74, 6) is 0.684. The number of rotatable bonds is 4. The van der Waals surface area contributed by atoms with Crippen molar-refractivity contribution in [2.45, 2.75) is 44.6 Å². The number of halogens is 1. The molecule has 0 bridgehead atoms. The van der Waals surface area contributed by atoms with Gasteiger partial charge >= 0.3 is 0 Å². The minimum atomic E-state index is 0.0802. The number of hydrogen-bond donors (Lipinski definition) is 2. The Bertz CT molecular complexity index is 394. The third-order valence-electron chi connectivity index (χ3n) is 4.32. The molecule has 2 unspecified atom stereocenters. The van der Waals surface area contributed by atoms with Crippen molar-refractivity contribution in [3.05, 3.63) is 28.7 Å². The summed E-state index contributed by atoms with van der Waals surface area (Å²) < 4.78 is 1.12. The monoisotopic (exact) mass is 310 g/mol. The molecule has 2 rings (SSSR count). The number of nitrogens with one attached hydrogen (secondary N) is 1. The Morgan fingerprint density at radius 2 is 2.17 bits per heavy atom. The molecule has 0 radical (unpaired) electrons. The zero-order valence-corrected chi connectivity index (χ0v) is 12.7. The maximum absolute atomic E-state index is 6.12. The standard InChI is InChI=1S/C15H23BrN2/c1-2-12-7-5-6-10-15(12,11-17)18-14-9-4-3-8-13(14)16/h3-4,8-9,12,18H,2,5-7,10-11,17H2,1H3. The number of hydrogen-bond acceptors (Lipinski definition) is 2. The van der Waals surface area contributed by atoms with Crippen molar-refractivity contribution < 1.29 is 0 Å². The fourth-order valence-corrected chi connectivity index (χ4v) is 3.61. The lowest BCUT2D eigenvalue weighted by Gasteiger charge is -2.45. The van der Waals surface area contributed by atoms with Crippen molar-refractivity contribution >= 4 is 21.6 Å². The van der Waals surface area contributed by atoms with E-state index in [-0.39, 0.29) is 5.54 Å². The van der Waals surface area contributed by atoms with Gasteiger partial charge in [0, 0.05) is 16.7 Å². The average molecular weight is 311 g/mol. The molecule has 100 valence electrons. The van der Waals surface area contributed by atoms with Gasteiger partial charge in [0.1, 0.15) is 0 Å². The van der Waals surface area contributed by atoms with Crippen LogP contribution in [-0.2, 0) is 0 Å². The van der Waals surface area contributed by atoms with Crippen LogP contribution in [0.5, 0.6) is 0 Å². The Labute approximate surface area is 118 Å². The van der Waals surface area contributed by atoms with Gasteiger partial charge in [-0.2, -0.15) is 0 Å². The molecule has 0 aliphatic heterocycles. The Morgan fingerprint density at radius 1 is 1.39 bits per heavy atom. The third-order valence-corrected chi connectivity index (χ3v) is 5.01. The van der Waals surface area contributed by atoms with E-state index in [0.29, 0.717) is 12.5 Å². The molecule has 2 nitrogen and oxygen atoms in total. The van der Waals surface area contributed by atoms with Crippen LogP contribution < -0.4 is 11.1 Å². The van der Waals surface area contributed by atoms with Crippen LogP contribution in [0.2, 0.25) is 0 Å². The molecule has 3 N–H and O–H groups in total. The van der Waals surface area contributed by atoms with Crippen molar-refractivity contribution in [3.8, 4) is 0 Å². The molecule has 0 amide bonds. The summed E-state index contributed by atoms with van der Waals surface area (Å²) in [4.78, 5) is 0. The van der Waals surface area contributed by atoms with E-state index in [1.807, 2.05) is 6.07 Å². The zero-order chi connectivity index (χ0) is 13.0. The fourth-order valence-electron chi connectivity index (χ4n) is 3.22. The molecule has 1 aliphatic rings. The van der Waals surface area contributed by atoms with E-state index in [0.717, 1.165) is 4.47 Å². The van der Waals surface area contributed by atoms with Crippen LogP contribution in [0.3, 0.4) is 0 Å². The van der Waals surface area contributed by atoms with Gasteiger partial charge in [0.2, 0.25) is 0 Å². The summed E-state index contributed by atoms with van der Waals surface area (Å²) in [7, 11) is 0. The highest BCUT2D eigenvalue weighted by Gasteiger charge is 2.38. The maximum atomic E-state index is 6.12. The van der Waals surface area contributed by atoms with Gasteiger partial charge in [-0.3, -0.25) is 0 Å². The minimum Gasteiger partial charge on any atom is -0.377 e. The lowest BCUT2D eigenvalue weighted by Crippen LogP contribution is -2.53. The summed E-state index contributed by atoms with van der Waals surface area (Å²) >= 11 is 3.61. The number of nitrogens with two attached hydrogens (primary N) is 1. The van der Waals surface area contributed by atoms with Crippen LogP contribution in [0.25, 0.3) is 0 Å². The SMILES string of the molecule is CCC1CCCCC1(CN)Nc1ccccc1Br. The van der Waals surface area contributed by atoms with Crippen molar-refractivity contribution in [1.82, 2.24) is 0 Å². The van der Waals surface area contributed by atoms with Gasteiger partial charge in [-0.05, 0) is 46.8 Å². The predicted octanol–water partition coefficient (Wildman–Crippen LogP) is 4.16. The topological polar surface area (TPSA) is 38.0 Å². The molecule has 1 aromatic rings. The van der Waals surface area contributed by atoms with Gasteiger partial charge < -0.3 is 11.1 Å². The third kappa shape index (κ3) is 2.72. The smallest absolute Gasteiger partial charge is 0.0524 e. The fraction of sp³-hybridized carbons (Fsp3) is 0.600.